The van der Waals surface area contributed by atoms with Crippen molar-refractivity contribution in [3.63, 3.8) is 0 Å². The molecule has 28 heavy (non-hydrogen) atoms. The second kappa shape index (κ2) is 11.5. The van der Waals surface area contributed by atoms with Gasteiger partial charge >= 0.3 is 26.2 Å². The van der Waals surface area contributed by atoms with Gasteiger partial charge in [-0.1, -0.05) is 87.3 Å². The Morgan fingerprint density at radius 1 is 0.964 bits per heavy atom. The average molecular weight is 491 g/mol. The number of allylic oxidation sites excluding steroid dienone is 4. The molecule has 0 aromatic heterocycles. The fourth-order valence-corrected chi connectivity index (χ4v) is 3.32. The minimum atomic E-state index is 0. The minimum absolute atomic E-state index is 0. The van der Waals surface area contributed by atoms with Gasteiger partial charge in [-0.3, -0.25) is 6.08 Å². The molecular formula is C25H28Cl2Zr. The SMILES string of the molecule is CC(C)C1[C-]=CC(C(C)(C)C)=C1.[Cl-].[Cl-].[Zr+4].[c-]1cccc2c1Cc1ccccc1-2. The molecular weight excluding hydrogens is 462 g/mol. The van der Waals surface area contributed by atoms with E-state index in [1.54, 1.807) is 0 Å². The summed E-state index contributed by atoms with van der Waals surface area (Å²) in [6.45, 7) is 11.2. The van der Waals surface area contributed by atoms with Gasteiger partial charge in [0.1, 0.15) is 0 Å². The maximum absolute atomic E-state index is 3.40. The van der Waals surface area contributed by atoms with E-state index in [4.69, 9.17) is 0 Å². The number of benzene rings is 2. The molecule has 2 aliphatic rings. The number of hydrogen-bond donors (Lipinski definition) is 0. The molecule has 0 radical (unpaired) electrons. The van der Waals surface area contributed by atoms with Crippen LogP contribution in [0.3, 0.4) is 0 Å². The Morgan fingerprint density at radius 2 is 1.61 bits per heavy atom. The Bertz CT molecular complexity index is 770. The standard InChI is InChI=1S/C13H9.C12H19.2ClH.Zr/c1-3-7-12-10(5-1)9-11-6-2-4-8-13(11)12;1-9(2)10-6-7-11(8-10)12(3,4)5;;;/h1-5,7-8H,9H2;7-10H,1-5H3;2*1H;/q2*-1;;;+4/p-2. The molecule has 3 heteroatoms. The largest absolute Gasteiger partial charge is 4.00 e. The van der Waals surface area contributed by atoms with Crippen molar-refractivity contribution in [2.75, 3.05) is 0 Å². The molecule has 1 atom stereocenters. The second-order valence-corrected chi connectivity index (χ2v) is 8.35. The van der Waals surface area contributed by atoms with Crippen molar-refractivity contribution in [1.82, 2.24) is 0 Å². The van der Waals surface area contributed by atoms with Gasteiger partial charge in [-0.05, 0) is 6.42 Å². The van der Waals surface area contributed by atoms with Crippen LogP contribution < -0.4 is 24.8 Å². The number of fused-ring (bicyclic) bond motifs is 3. The monoisotopic (exact) mass is 488 g/mol. The zero-order valence-electron chi connectivity index (χ0n) is 17.3. The third-order valence-electron chi connectivity index (χ3n) is 4.99. The van der Waals surface area contributed by atoms with E-state index in [9.17, 15) is 0 Å². The van der Waals surface area contributed by atoms with E-state index >= 15 is 0 Å². The maximum Gasteiger partial charge on any atom is 4.00 e. The minimum Gasteiger partial charge on any atom is -1.00 e. The average Bonchev–Trinajstić information content (AvgIpc) is 3.20. The predicted octanol–water partition coefficient (Wildman–Crippen LogP) is 0.668. The molecule has 2 aromatic carbocycles. The number of halogens is 2. The topological polar surface area (TPSA) is 0 Å². The quantitative estimate of drug-likeness (QED) is 0.440. The van der Waals surface area contributed by atoms with Gasteiger partial charge in [0.05, 0.1) is 0 Å². The Labute approximate surface area is 202 Å². The van der Waals surface area contributed by atoms with Gasteiger partial charge in [0.25, 0.3) is 0 Å². The van der Waals surface area contributed by atoms with Gasteiger partial charge in [-0.25, -0.2) is 6.08 Å². The first-order valence-electron chi connectivity index (χ1n) is 9.25. The van der Waals surface area contributed by atoms with Crippen molar-refractivity contribution in [1.29, 1.82) is 0 Å². The molecule has 0 nitrogen and oxygen atoms in total. The van der Waals surface area contributed by atoms with Crippen molar-refractivity contribution in [2.45, 2.75) is 41.0 Å². The molecule has 0 heterocycles. The van der Waals surface area contributed by atoms with Crippen LogP contribution in [-0.2, 0) is 32.6 Å². The molecule has 1 unspecified atom stereocenters. The summed E-state index contributed by atoms with van der Waals surface area (Å²) in [5.41, 5.74) is 7.23. The number of hydrogen-bond acceptors (Lipinski definition) is 0. The van der Waals surface area contributed by atoms with Crippen molar-refractivity contribution >= 4 is 0 Å². The van der Waals surface area contributed by atoms with Gasteiger partial charge in [0.2, 0.25) is 0 Å². The Balaban J connectivity index is 0.000000472. The van der Waals surface area contributed by atoms with Crippen LogP contribution >= 0.6 is 0 Å². The van der Waals surface area contributed by atoms with Crippen LogP contribution in [0, 0.1) is 29.4 Å². The molecule has 0 amide bonds. The van der Waals surface area contributed by atoms with Crippen molar-refractivity contribution in [3.05, 3.63) is 83.5 Å². The molecule has 0 bridgehead atoms. The smallest absolute Gasteiger partial charge is 1.00 e. The summed E-state index contributed by atoms with van der Waals surface area (Å²) in [5, 5.41) is 0. The molecule has 0 saturated heterocycles. The molecule has 0 saturated carbocycles. The van der Waals surface area contributed by atoms with Crippen molar-refractivity contribution in [2.24, 2.45) is 17.3 Å². The molecule has 0 aliphatic heterocycles. The summed E-state index contributed by atoms with van der Waals surface area (Å²) in [6.07, 6.45) is 8.95. The fraction of sp³-hybridized carbons (Fsp3) is 0.360. The van der Waals surface area contributed by atoms with Gasteiger partial charge in [-0.2, -0.15) is 41.5 Å². The first-order valence-corrected chi connectivity index (χ1v) is 9.25. The van der Waals surface area contributed by atoms with Crippen LogP contribution in [0.2, 0.25) is 0 Å². The summed E-state index contributed by atoms with van der Waals surface area (Å²) in [5.74, 6) is 1.22. The zero-order chi connectivity index (χ0) is 18.0. The van der Waals surface area contributed by atoms with Crippen LogP contribution in [-0.4, -0.2) is 0 Å². The molecule has 146 valence electrons. The van der Waals surface area contributed by atoms with Crippen LogP contribution in [0.4, 0.5) is 0 Å². The fourth-order valence-electron chi connectivity index (χ4n) is 3.32. The first kappa shape index (κ1) is 27.4. The summed E-state index contributed by atoms with van der Waals surface area (Å²) in [7, 11) is 0. The Kier molecular flexibility index (Phi) is 11.3. The van der Waals surface area contributed by atoms with Crippen LogP contribution in [0.5, 0.6) is 0 Å². The van der Waals surface area contributed by atoms with Gasteiger partial charge in [0.15, 0.2) is 0 Å². The van der Waals surface area contributed by atoms with Crippen LogP contribution in [0.25, 0.3) is 11.1 Å². The maximum atomic E-state index is 3.40. The van der Waals surface area contributed by atoms with Gasteiger partial charge < -0.3 is 24.8 Å². The summed E-state index contributed by atoms with van der Waals surface area (Å²) < 4.78 is 0. The van der Waals surface area contributed by atoms with E-state index in [1.165, 1.54) is 27.8 Å². The van der Waals surface area contributed by atoms with Crippen molar-refractivity contribution in [3.8, 4) is 11.1 Å². The van der Waals surface area contributed by atoms with E-state index in [2.05, 4.69) is 95.3 Å². The summed E-state index contributed by atoms with van der Waals surface area (Å²) >= 11 is 0. The van der Waals surface area contributed by atoms with Crippen LogP contribution in [0.15, 0.2) is 60.2 Å². The number of rotatable bonds is 1. The summed E-state index contributed by atoms with van der Waals surface area (Å²) in [4.78, 5) is 0. The van der Waals surface area contributed by atoms with E-state index in [-0.39, 0.29) is 56.4 Å². The normalized spacial score (nSPS) is 15.8. The van der Waals surface area contributed by atoms with E-state index < -0.39 is 0 Å². The first-order chi connectivity index (χ1) is 11.9. The third kappa shape index (κ3) is 6.45. The van der Waals surface area contributed by atoms with Gasteiger partial charge in [-0.15, -0.1) is 5.56 Å². The molecule has 0 spiro atoms. The molecule has 0 fully saturated rings. The van der Waals surface area contributed by atoms with Crippen molar-refractivity contribution < 1.29 is 51.0 Å². The van der Waals surface area contributed by atoms with E-state index in [1.807, 2.05) is 6.07 Å². The van der Waals surface area contributed by atoms with Crippen LogP contribution in [0.1, 0.15) is 45.7 Å². The third-order valence-corrected chi connectivity index (χ3v) is 4.99. The van der Waals surface area contributed by atoms with E-state index in [0.29, 0.717) is 11.8 Å². The molecule has 4 rings (SSSR count). The Morgan fingerprint density at radius 3 is 2.18 bits per heavy atom. The predicted molar refractivity (Wildman–Crippen MR) is 107 cm³/mol. The van der Waals surface area contributed by atoms with E-state index in [0.717, 1.165) is 6.42 Å². The zero-order valence-corrected chi connectivity index (χ0v) is 21.3. The second-order valence-electron chi connectivity index (χ2n) is 8.35. The summed E-state index contributed by atoms with van der Waals surface area (Å²) in [6, 6.07) is 18.1. The molecule has 0 N–H and O–H groups in total. The Hall–Kier alpha value is -0.617. The molecule has 2 aromatic rings. The van der Waals surface area contributed by atoms with Gasteiger partial charge in [0, 0.05) is 0 Å². The molecule has 2 aliphatic carbocycles.